The number of rotatable bonds is 3. The first-order valence-electron chi connectivity index (χ1n) is 3.00. The highest BCUT2D eigenvalue weighted by atomic mass is 16.7. The summed E-state index contributed by atoms with van der Waals surface area (Å²) in [6, 6.07) is 6.56. The third kappa shape index (κ3) is 1.93. The Morgan fingerprint density at radius 1 is 1.18 bits per heavy atom. The van der Waals surface area contributed by atoms with E-state index in [2.05, 4.69) is 10.2 Å². The molecule has 0 unspecified atom stereocenters. The van der Waals surface area contributed by atoms with Gasteiger partial charge >= 0.3 is 0 Å². The van der Waals surface area contributed by atoms with Crippen LogP contribution in [0.5, 0.6) is 11.5 Å². The van der Waals surface area contributed by atoms with Crippen LogP contribution < -0.4 is 9.57 Å². The van der Waals surface area contributed by atoms with Gasteiger partial charge in [0, 0.05) is 0 Å². The molecule has 0 aliphatic carbocycles. The Bertz CT molecular complexity index is 232. The third-order valence-electron chi connectivity index (χ3n) is 1.20. The molecule has 0 heterocycles. The molecule has 0 bridgehead atoms. The summed E-state index contributed by atoms with van der Waals surface area (Å²) in [5.41, 5.74) is 0. The molecule has 0 saturated heterocycles. The van der Waals surface area contributed by atoms with Crippen molar-refractivity contribution in [3.05, 3.63) is 29.2 Å². The van der Waals surface area contributed by atoms with Gasteiger partial charge in [-0.05, 0) is 24.3 Å². The molecule has 4 heteroatoms. The van der Waals surface area contributed by atoms with E-state index < -0.39 is 0 Å². The van der Waals surface area contributed by atoms with Crippen LogP contribution in [0.1, 0.15) is 0 Å². The number of ether oxygens (including phenoxy) is 1. The lowest BCUT2D eigenvalue weighted by molar-refractivity contribution is 0.333. The van der Waals surface area contributed by atoms with Crippen LogP contribution in [0.3, 0.4) is 0 Å². The van der Waals surface area contributed by atoms with Crippen LogP contribution in [0.25, 0.3) is 0 Å². The molecular formula is C7H7NO3. The molecule has 0 aromatic heterocycles. The fourth-order valence-corrected chi connectivity index (χ4v) is 0.680. The standard InChI is InChI=1S/C7H7NO3/c1-10-6-2-4-7(5-3-6)11-8-9/h2-5H,1H3. The van der Waals surface area contributed by atoms with E-state index in [1.807, 2.05) is 0 Å². The topological polar surface area (TPSA) is 47.9 Å². The molecule has 0 saturated carbocycles. The summed E-state index contributed by atoms with van der Waals surface area (Å²) in [5.74, 6) is 1.11. The van der Waals surface area contributed by atoms with Gasteiger partial charge in [0.25, 0.3) is 0 Å². The van der Waals surface area contributed by atoms with Crippen molar-refractivity contribution in [2.45, 2.75) is 0 Å². The van der Waals surface area contributed by atoms with Crippen LogP contribution in [0.4, 0.5) is 0 Å². The third-order valence-corrected chi connectivity index (χ3v) is 1.20. The van der Waals surface area contributed by atoms with Gasteiger partial charge in [-0.3, -0.25) is 0 Å². The molecule has 1 aromatic carbocycles. The van der Waals surface area contributed by atoms with E-state index in [1.54, 1.807) is 31.4 Å². The second kappa shape index (κ2) is 3.55. The SMILES string of the molecule is COc1ccc(ON=O)cc1. The molecule has 0 radical (unpaired) electrons. The van der Waals surface area contributed by atoms with Crippen molar-refractivity contribution >= 4 is 0 Å². The molecule has 0 N–H and O–H groups in total. The van der Waals surface area contributed by atoms with Crippen LogP contribution in [0.2, 0.25) is 0 Å². The fourth-order valence-electron chi connectivity index (χ4n) is 0.680. The Morgan fingerprint density at radius 2 is 1.73 bits per heavy atom. The van der Waals surface area contributed by atoms with Gasteiger partial charge in [-0.2, -0.15) is 0 Å². The summed E-state index contributed by atoms with van der Waals surface area (Å²) < 4.78 is 4.88. The molecule has 4 nitrogen and oxygen atoms in total. The fraction of sp³-hybridized carbons (Fsp3) is 0.143. The molecule has 0 spiro atoms. The lowest BCUT2D eigenvalue weighted by atomic mass is 10.3. The summed E-state index contributed by atoms with van der Waals surface area (Å²) in [4.78, 5) is 13.9. The maximum Gasteiger partial charge on any atom is 0.161 e. The second-order valence-corrected chi connectivity index (χ2v) is 1.84. The largest absolute Gasteiger partial charge is 0.497 e. The molecule has 11 heavy (non-hydrogen) atoms. The zero-order valence-corrected chi connectivity index (χ0v) is 5.98. The zero-order chi connectivity index (χ0) is 8.10. The first kappa shape index (κ1) is 7.53. The van der Waals surface area contributed by atoms with Gasteiger partial charge in [0.2, 0.25) is 0 Å². The van der Waals surface area contributed by atoms with Crippen molar-refractivity contribution < 1.29 is 9.57 Å². The van der Waals surface area contributed by atoms with E-state index in [-0.39, 0.29) is 0 Å². The smallest absolute Gasteiger partial charge is 0.161 e. The summed E-state index contributed by atoms with van der Waals surface area (Å²) in [6.07, 6.45) is 0. The second-order valence-electron chi connectivity index (χ2n) is 1.84. The van der Waals surface area contributed by atoms with E-state index in [9.17, 15) is 4.91 Å². The Kier molecular flexibility index (Phi) is 2.43. The van der Waals surface area contributed by atoms with Gasteiger partial charge in [-0.15, -0.1) is 4.91 Å². The Labute approximate surface area is 63.7 Å². The van der Waals surface area contributed by atoms with Crippen molar-refractivity contribution in [3.63, 3.8) is 0 Å². The Balaban J connectivity index is 2.74. The first-order valence-corrected chi connectivity index (χ1v) is 3.00. The predicted molar refractivity (Wildman–Crippen MR) is 39.4 cm³/mol. The minimum absolute atomic E-state index is 0.404. The van der Waals surface area contributed by atoms with Gasteiger partial charge in [-0.25, -0.2) is 0 Å². The zero-order valence-electron chi connectivity index (χ0n) is 5.98. The molecule has 0 aliphatic heterocycles. The molecule has 0 fully saturated rings. The van der Waals surface area contributed by atoms with E-state index in [0.717, 1.165) is 0 Å². The summed E-state index contributed by atoms with van der Waals surface area (Å²) in [5, 5.41) is 2.27. The Morgan fingerprint density at radius 3 is 2.18 bits per heavy atom. The van der Waals surface area contributed by atoms with Crippen LogP contribution >= 0.6 is 0 Å². The monoisotopic (exact) mass is 153 g/mol. The highest BCUT2D eigenvalue weighted by Gasteiger charge is 1.93. The van der Waals surface area contributed by atoms with Crippen LogP contribution in [0.15, 0.2) is 29.6 Å². The van der Waals surface area contributed by atoms with Crippen molar-refractivity contribution in [2.75, 3.05) is 7.11 Å². The lowest BCUT2D eigenvalue weighted by Gasteiger charge is -1.98. The molecule has 0 atom stereocenters. The van der Waals surface area contributed by atoms with Gasteiger partial charge < -0.3 is 9.57 Å². The van der Waals surface area contributed by atoms with E-state index in [4.69, 9.17) is 4.74 Å². The van der Waals surface area contributed by atoms with Crippen molar-refractivity contribution in [2.24, 2.45) is 5.34 Å². The number of hydrogen-bond donors (Lipinski definition) is 0. The summed E-state index contributed by atoms with van der Waals surface area (Å²) in [6.45, 7) is 0. The van der Waals surface area contributed by atoms with Crippen LogP contribution in [-0.2, 0) is 0 Å². The van der Waals surface area contributed by atoms with Gasteiger partial charge in [-0.1, -0.05) is 0 Å². The average molecular weight is 153 g/mol. The number of benzene rings is 1. The Hall–Kier alpha value is -1.58. The molecule has 1 rings (SSSR count). The minimum Gasteiger partial charge on any atom is -0.497 e. The normalized spacial score (nSPS) is 8.82. The molecule has 0 amide bonds. The minimum atomic E-state index is 0.404. The molecule has 1 aromatic rings. The van der Waals surface area contributed by atoms with E-state index in [0.29, 0.717) is 11.5 Å². The average Bonchev–Trinajstić information content (AvgIpc) is 2.07. The van der Waals surface area contributed by atoms with Gasteiger partial charge in [0.1, 0.15) is 5.75 Å². The summed E-state index contributed by atoms with van der Waals surface area (Å²) >= 11 is 0. The van der Waals surface area contributed by atoms with Crippen LogP contribution in [0, 0.1) is 4.91 Å². The van der Waals surface area contributed by atoms with Crippen LogP contribution in [-0.4, -0.2) is 7.11 Å². The maximum absolute atomic E-state index is 9.63. The van der Waals surface area contributed by atoms with Gasteiger partial charge in [0.05, 0.1) is 7.11 Å². The summed E-state index contributed by atoms with van der Waals surface area (Å²) in [7, 11) is 1.56. The molecule has 58 valence electrons. The number of methoxy groups -OCH3 is 1. The molecule has 0 aliphatic rings. The van der Waals surface area contributed by atoms with Crippen molar-refractivity contribution in [3.8, 4) is 11.5 Å². The first-order chi connectivity index (χ1) is 5.36. The van der Waals surface area contributed by atoms with E-state index >= 15 is 0 Å². The number of hydrogen-bond acceptors (Lipinski definition) is 4. The quantitative estimate of drug-likeness (QED) is 0.491. The maximum atomic E-state index is 9.63. The van der Waals surface area contributed by atoms with Crippen molar-refractivity contribution in [1.82, 2.24) is 0 Å². The predicted octanol–water partition coefficient (Wildman–Crippen LogP) is 1.76. The van der Waals surface area contributed by atoms with E-state index in [1.165, 1.54) is 0 Å². The van der Waals surface area contributed by atoms with Gasteiger partial charge in [0.15, 0.2) is 11.1 Å². The van der Waals surface area contributed by atoms with Crippen molar-refractivity contribution in [1.29, 1.82) is 0 Å². The highest BCUT2D eigenvalue weighted by molar-refractivity contribution is 5.30. The highest BCUT2D eigenvalue weighted by Crippen LogP contribution is 2.16. The lowest BCUT2D eigenvalue weighted by Crippen LogP contribution is -1.83. The number of nitrogens with zero attached hydrogens (tertiary/aromatic N) is 1. The molecular weight excluding hydrogens is 146 g/mol.